The molecule has 0 aliphatic carbocycles. The lowest BCUT2D eigenvalue weighted by Crippen LogP contribution is -2.15. The first-order valence-electron chi connectivity index (χ1n) is 3.21. The van der Waals surface area contributed by atoms with Crippen molar-refractivity contribution in [1.29, 1.82) is 0 Å². The van der Waals surface area contributed by atoms with E-state index in [4.69, 9.17) is 0 Å². The summed E-state index contributed by atoms with van der Waals surface area (Å²) in [5, 5.41) is 8.55. The van der Waals surface area contributed by atoms with E-state index in [9.17, 15) is 14.9 Å². The molecule has 0 spiro atoms. The summed E-state index contributed by atoms with van der Waals surface area (Å²) in [6.07, 6.45) is 3.30. The van der Waals surface area contributed by atoms with Crippen molar-refractivity contribution in [3.05, 3.63) is 22.3 Å². The van der Waals surface area contributed by atoms with Gasteiger partial charge in [-0.3, -0.25) is 0 Å². The SMILES string of the molecule is C/C=C\COC(=O)CO[N+](=O)[O-]. The average Bonchev–Trinajstić information content (AvgIpc) is 2.01. The van der Waals surface area contributed by atoms with E-state index in [1.807, 2.05) is 0 Å². The highest BCUT2D eigenvalue weighted by atomic mass is 17.0. The number of carbonyl (C=O) groups is 1. The molecular formula is C6H9NO5. The minimum Gasteiger partial charge on any atom is -0.460 e. The van der Waals surface area contributed by atoms with Gasteiger partial charge in [0, 0.05) is 0 Å². The first kappa shape index (κ1) is 10.4. The van der Waals surface area contributed by atoms with Gasteiger partial charge in [0.25, 0.3) is 5.09 Å². The van der Waals surface area contributed by atoms with Gasteiger partial charge >= 0.3 is 5.97 Å². The fourth-order valence-corrected chi connectivity index (χ4v) is 0.384. The van der Waals surface area contributed by atoms with E-state index in [0.717, 1.165) is 0 Å². The first-order chi connectivity index (χ1) is 5.66. The lowest BCUT2D eigenvalue weighted by Gasteiger charge is -1.99. The predicted octanol–water partition coefficient (Wildman–Crippen LogP) is 0.314. The Kier molecular flexibility index (Phi) is 5.33. The number of carbonyl (C=O) groups excluding carboxylic acids is 1. The van der Waals surface area contributed by atoms with Gasteiger partial charge in [0.2, 0.25) is 0 Å². The molecule has 0 aromatic heterocycles. The standard InChI is InChI=1S/C6H9NO5/c1-2-3-4-11-6(8)5-12-7(9)10/h2-3H,4-5H2,1H3/b3-2-. The Bertz CT molecular complexity index is 188. The minimum absolute atomic E-state index is 0.108. The number of hydrogen-bond donors (Lipinski definition) is 0. The number of ether oxygens (including phenoxy) is 1. The molecule has 68 valence electrons. The molecule has 0 fully saturated rings. The zero-order valence-corrected chi connectivity index (χ0v) is 6.56. The van der Waals surface area contributed by atoms with E-state index in [1.165, 1.54) is 0 Å². The van der Waals surface area contributed by atoms with Crippen molar-refractivity contribution >= 4 is 5.97 Å². The number of esters is 1. The van der Waals surface area contributed by atoms with Crippen LogP contribution < -0.4 is 0 Å². The molecule has 0 saturated carbocycles. The molecule has 0 aromatic rings. The van der Waals surface area contributed by atoms with Crippen LogP contribution in [0, 0.1) is 10.1 Å². The van der Waals surface area contributed by atoms with Crippen molar-refractivity contribution in [3.8, 4) is 0 Å². The number of hydrogen-bond acceptors (Lipinski definition) is 5. The van der Waals surface area contributed by atoms with Crippen LogP contribution in [-0.2, 0) is 14.4 Å². The summed E-state index contributed by atoms with van der Waals surface area (Å²) in [6.45, 7) is 1.21. The van der Waals surface area contributed by atoms with Crippen molar-refractivity contribution in [2.75, 3.05) is 13.2 Å². The zero-order chi connectivity index (χ0) is 9.40. The Balaban J connectivity index is 3.40. The molecule has 0 N–H and O–H groups in total. The third-order valence-electron chi connectivity index (χ3n) is 0.864. The molecule has 0 aliphatic rings. The summed E-state index contributed by atoms with van der Waals surface area (Å²) in [5.74, 6) is -0.759. The van der Waals surface area contributed by atoms with Crippen LogP contribution in [0.1, 0.15) is 6.92 Å². The molecule has 0 amide bonds. The fourth-order valence-electron chi connectivity index (χ4n) is 0.384. The summed E-state index contributed by atoms with van der Waals surface area (Å²) < 4.78 is 4.48. The topological polar surface area (TPSA) is 78.7 Å². The predicted molar refractivity (Wildman–Crippen MR) is 38.7 cm³/mol. The normalized spacial score (nSPS) is 9.75. The molecule has 0 radical (unpaired) electrons. The average molecular weight is 175 g/mol. The molecule has 12 heavy (non-hydrogen) atoms. The van der Waals surface area contributed by atoms with Crippen molar-refractivity contribution in [1.82, 2.24) is 0 Å². The van der Waals surface area contributed by atoms with E-state index in [-0.39, 0.29) is 6.61 Å². The van der Waals surface area contributed by atoms with Gasteiger partial charge in [-0.25, -0.2) is 4.79 Å². The van der Waals surface area contributed by atoms with Crippen LogP contribution in [0.2, 0.25) is 0 Å². The van der Waals surface area contributed by atoms with Crippen LogP contribution in [0.5, 0.6) is 0 Å². The van der Waals surface area contributed by atoms with Gasteiger partial charge in [-0.2, -0.15) is 0 Å². The summed E-state index contributed by atoms with van der Waals surface area (Å²) in [6, 6.07) is 0. The molecule has 0 bridgehead atoms. The molecule has 0 heterocycles. The molecule has 0 aliphatic heterocycles. The monoisotopic (exact) mass is 175 g/mol. The number of allylic oxidation sites excluding steroid dienone is 1. The second-order valence-electron chi connectivity index (χ2n) is 1.75. The highest BCUT2D eigenvalue weighted by molar-refractivity contribution is 5.70. The summed E-state index contributed by atoms with van der Waals surface area (Å²) in [7, 11) is 0. The van der Waals surface area contributed by atoms with Crippen LogP contribution in [0.3, 0.4) is 0 Å². The first-order valence-corrected chi connectivity index (χ1v) is 3.21. The van der Waals surface area contributed by atoms with Crippen molar-refractivity contribution < 1.29 is 19.5 Å². The molecule has 6 heteroatoms. The molecule has 6 nitrogen and oxygen atoms in total. The lowest BCUT2D eigenvalue weighted by molar-refractivity contribution is -0.754. The molecule has 0 aromatic carbocycles. The number of nitrogens with zero attached hydrogens (tertiary/aromatic N) is 1. The van der Waals surface area contributed by atoms with Crippen LogP contribution in [-0.4, -0.2) is 24.3 Å². The van der Waals surface area contributed by atoms with E-state index in [2.05, 4.69) is 9.57 Å². The highest BCUT2D eigenvalue weighted by Gasteiger charge is 2.03. The highest BCUT2D eigenvalue weighted by Crippen LogP contribution is 1.82. The second-order valence-corrected chi connectivity index (χ2v) is 1.75. The Hall–Kier alpha value is -1.59. The zero-order valence-electron chi connectivity index (χ0n) is 6.56. The molecule has 0 saturated heterocycles. The van der Waals surface area contributed by atoms with Crippen LogP contribution in [0.25, 0.3) is 0 Å². The lowest BCUT2D eigenvalue weighted by atomic mass is 10.5. The minimum atomic E-state index is -1.04. The molecule has 0 unspecified atom stereocenters. The Morgan fingerprint density at radius 3 is 2.83 bits per heavy atom. The third-order valence-corrected chi connectivity index (χ3v) is 0.864. The van der Waals surface area contributed by atoms with Gasteiger partial charge in [-0.05, 0) is 6.92 Å². The second kappa shape index (κ2) is 6.14. The van der Waals surface area contributed by atoms with Crippen LogP contribution in [0.15, 0.2) is 12.2 Å². The maximum atomic E-state index is 10.5. The van der Waals surface area contributed by atoms with Crippen molar-refractivity contribution in [3.63, 3.8) is 0 Å². The summed E-state index contributed by atoms with van der Waals surface area (Å²) >= 11 is 0. The van der Waals surface area contributed by atoms with Gasteiger partial charge in [-0.15, -0.1) is 10.1 Å². The Morgan fingerprint density at radius 2 is 2.33 bits per heavy atom. The van der Waals surface area contributed by atoms with Crippen LogP contribution >= 0.6 is 0 Å². The molecule has 0 rings (SSSR count). The van der Waals surface area contributed by atoms with Crippen LogP contribution in [0.4, 0.5) is 0 Å². The fraction of sp³-hybridized carbons (Fsp3) is 0.500. The van der Waals surface area contributed by atoms with E-state index in [1.54, 1.807) is 19.1 Å². The third kappa shape index (κ3) is 6.53. The molecular weight excluding hydrogens is 166 g/mol. The van der Waals surface area contributed by atoms with Gasteiger partial charge in [0.05, 0.1) is 0 Å². The molecule has 0 atom stereocenters. The van der Waals surface area contributed by atoms with E-state index in [0.29, 0.717) is 0 Å². The van der Waals surface area contributed by atoms with Crippen molar-refractivity contribution in [2.24, 2.45) is 0 Å². The van der Waals surface area contributed by atoms with Gasteiger partial charge in [0.1, 0.15) is 6.61 Å². The maximum absolute atomic E-state index is 10.5. The largest absolute Gasteiger partial charge is 0.460 e. The van der Waals surface area contributed by atoms with E-state index < -0.39 is 17.7 Å². The van der Waals surface area contributed by atoms with Gasteiger partial charge in [-0.1, -0.05) is 12.2 Å². The Morgan fingerprint density at radius 1 is 1.67 bits per heavy atom. The summed E-state index contributed by atoms with van der Waals surface area (Å²) in [5.41, 5.74) is 0. The van der Waals surface area contributed by atoms with Crippen molar-refractivity contribution in [2.45, 2.75) is 6.92 Å². The summed E-state index contributed by atoms with van der Waals surface area (Å²) in [4.78, 5) is 23.9. The van der Waals surface area contributed by atoms with Gasteiger partial charge in [0.15, 0.2) is 6.61 Å². The number of rotatable bonds is 5. The quantitative estimate of drug-likeness (QED) is 0.260. The smallest absolute Gasteiger partial charge is 0.332 e. The van der Waals surface area contributed by atoms with Gasteiger partial charge < -0.3 is 9.57 Å². The van der Waals surface area contributed by atoms with E-state index >= 15 is 0 Å². The maximum Gasteiger partial charge on any atom is 0.332 e. The Labute approximate surface area is 68.9 Å².